The number of phosphoric ester groups is 1. The van der Waals surface area contributed by atoms with Crippen LogP contribution in [0.5, 0.6) is 11.5 Å². The number of aromatic hydroxyl groups is 1. The minimum atomic E-state index is -4.93. The van der Waals surface area contributed by atoms with Crippen molar-refractivity contribution in [1.82, 2.24) is 19.9 Å². The zero-order valence-electron chi connectivity index (χ0n) is 20.2. The quantitative estimate of drug-likeness (QED) is 0.153. The summed E-state index contributed by atoms with van der Waals surface area (Å²) in [5.74, 6) is -0.0380. The van der Waals surface area contributed by atoms with E-state index in [1.54, 1.807) is 12.1 Å². The maximum Gasteiger partial charge on any atom is 0.524 e. The molecule has 0 aliphatic carbocycles. The SMILES string of the molecule is C=CC(=O)NCc1ccc2c(c1)nc(N)c1nc(CCCC)n(Cc3cccc(O)c3OP(=O)(O)O)c12. The summed E-state index contributed by atoms with van der Waals surface area (Å²) in [7, 11) is -4.93. The van der Waals surface area contributed by atoms with Crippen molar-refractivity contribution in [3.63, 3.8) is 0 Å². The molecular weight excluding hydrogens is 497 g/mol. The Morgan fingerprint density at radius 1 is 1.27 bits per heavy atom. The number of fused-ring (bicyclic) bond motifs is 3. The molecule has 0 aliphatic rings. The first kappa shape index (κ1) is 26.2. The molecular formula is C25H28N5O6P. The van der Waals surface area contributed by atoms with Gasteiger partial charge in [-0.1, -0.05) is 44.2 Å². The summed E-state index contributed by atoms with van der Waals surface area (Å²) in [5, 5.41) is 13.8. The molecule has 4 rings (SSSR count). The van der Waals surface area contributed by atoms with Gasteiger partial charge in [-0.05, 0) is 30.2 Å². The number of aromatic nitrogens is 3. The van der Waals surface area contributed by atoms with Crippen molar-refractivity contribution in [3.8, 4) is 11.5 Å². The number of carbonyl (C=O) groups is 1. The fourth-order valence-corrected chi connectivity index (χ4v) is 4.61. The number of nitrogens with zero attached hydrogens (tertiary/aromatic N) is 3. The number of nitrogen functional groups attached to an aromatic ring is 1. The maximum absolute atomic E-state index is 11.6. The number of unbranched alkanes of at least 4 members (excludes halogenated alkanes) is 1. The van der Waals surface area contributed by atoms with Crippen LogP contribution in [-0.4, -0.2) is 35.3 Å². The number of phosphoric acid groups is 1. The Bertz CT molecular complexity index is 1540. The smallest absolute Gasteiger partial charge is 0.504 e. The van der Waals surface area contributed by atoms with Gasteiger partial charge in [0, 0.05) is 23.9 Å². The molecule has 194 valence electrons. The molecule has 4 aromatic rings. The number of nitrogens with one attached hydrogen (secondary N) is 1. The Kier molecular flexibility index (Phi) is 7.49. The van der Waals surface area contributed by atoms with E-state index in [0.717, 1.165) is 23.8 Å². The Hall–Kier alpha value is -3.92. The summed E-state index contributed by atoms with van der Waals surface area (Å²) in [6, 6.07) is 10.0. The molecule has 2 aromatic heterocycles. The summed E-state index contributed by atoms with van der Waals surface area (Å²) >= 11 is 0. The minimum absolute atomic E-state index is 0.106. The van der Waals surface area contributed by atoms with Crippen LogP contribution in [0.2, 0.25) is 0 Å². The van der Waals surface area contributed by atoms with Crippen LogP contribution in [0.15, 0.2) is 49.1 Å². The molecule has 0 saturated heterocycles. The first-order chi connectivity index (χ1) is 17.6. The van der Waals surface area contributed by atoms with Gasteiger partial charge in [-0.25, -0.2) is 14.5 Å². The summed E-state index contributed by atoms with van der Waals surface area (Å²) < 4.78 is 18.3. The van der Waals surface area contributed by atoms with E-state index in [-0.39, 0.29) is 30.6 Å². The van der Waals surface area contributed by atoms with E-state index in [9.17, 15) is 24.3 Å². The monoisotopic (exact) mass is 525 g/mol. The molecule has 0 unspecified atom stereocenters. The molecule has 0 spiro atoms. The molecule has 12 heteroatoms. The molecule has 37 heavy (non-hydrogen) atoms. The van der Waals surface area contributed by atoms with Gasteiger partial charge in [0.2, 0.25) is 5.91 Å². The van der Waals surface area contributed by atoms with Crippen molar-refractivity contribution < 1.29 is 28.8 Å². The number of hydrogen-bond donors (Lipinski definition) is 5. The lowest BCUT2D eigenvalue weighted by Gasteiger charge is -2.16. The molecule has 0 fully saturated rings. The lowest BCUT2D eigenvalue weighted by atomic mass is 10.1. The van der Waals surface area contributed by atoms with Gasteiger partial charge in [0.05, 0.1) is 17.6 Å². The largest absolute Gasteiger partial charge is 0.524 e. The number of para-hydroxylation sites is 1. The second-order valence-corrected chi connectivity index (χ2v) is 9.70. The van der Waals surface area contributed by atoms with Gasteiger partial charge in [0.15, 0.2) is 17.3 Å². The third kappa shape index (κ3) is 5.75. The van der Waals surface area contributed by atoms with Crippen molar-refractivity contribution in [2.75, 3.05) is 5.73 Å². The summed E-state index contributed by atoms with van der Waals surface area (Å²) in [6.45, 7) is 5.90. The van der Waals surface area contributed by atoms with Crippen molar-refractivity contribution in [1.29, 1.82) is 0 Å². The average molecular weight is 526 g/mol. The minimum Gasteiger partial charge on any atom is -0.504 e. The lowest BCUT2D eigenvalue weighted by molar-refractivity contribution is -0.116. The first-order valence-electron chi connectivity index (χ1n) is 11.6. The van der Waals surface area contributed by atoms with E-state index >= 15 is 0 Å². The van der Waals surface area contributed by atoms with Crippen LogP contribution in [0.1, 0.15) is 36.7 Å². The van der Waals surface area contributed by atoms with Crippen LogP contribution in [0.4, 0.5) is 5.82 Å². The molecule has 2 aromatic carbocycles. The summed E-state index contributed by atoms with van der Waals surface area (Å²) in [6.07, 6.45) is 3.61. The molecule has 0 atom stereocenters. The molecule has 11 nitrogen and oxygen atoms in total. The van der Waals surface area contributed by atoms with Crippen LogP contribution in [0.25, 0.3) is 21.9 Å². The molecule has 1 amide bonds. The van der Waals surface area contributed by atoms with Gasteiger partial charge in [0.1, 0.15) is 11.3 Å². The van der Waals surface area contributed by atoms with Gasteiger partial charge in [-0.3, -0.25) is 14.6 Å². The van der Waals surface area contributed by atoms with E-state index in [1.165, 1.54) is 12.1 Å². The number of phenolic OH excluding ortho intramolecular Hbond substituents is 1. The number of imidazole rings is 1. The summed E-state index contributed by atoms with van der Waals surface area (Å²) in [5.41, 5.74) is 9.29. The third-order valence-corrected chi connectivity index (χ3v) is 6.29. The fraction of sp³-hybridized carbons (Fsp3) is 0.240. The molecule has 6 N–H and O–H groups in total. The second kappa shape index (κ2) is 10.6. The number of nitrogens with two attached hydrogens (primary N) is 1. The predicted octanol–water partition coefficient (Wildman–Crippen LogP) is 3.54. The van der Waals surface area contributed by atoms with Crippen molar-refractivity contribution >= 4 is 41.5 Å². The van der Waals surface area contributed by atoms with Gasteiger partial charge in [-0.2, -0.15) is 0 Å². The Balaban J connectivity index is 1.89. The van der Waals surface area contributed by atoms with E-state index in [4.69, 9.17) is 15.2 Å². The highest BCUT2D eigenvalue weighted by Crippen LogP contribution is 2.44. The summed E-state index contributed by atoms with van der Waals surface area (Å²) in [4.78, 5) is 39.6. The normalized spacial score (nSPS) is 11.6. The molecule has 0 bridgehead atoms. The number of benzene rings is 2. The lowest BCUT2D eigenvalue weighted by Crippen LogP contribution is -2.19. The number of amides is 1. The fourth-order valence-electron chi connectivity index (χ4n) is 4.16. The zero-order chi connectivity index (χ0) is 26.7. The average Bonchev–Trinajstić information content (AvgIpc) is 3.21. The van der Waals surface area contributed by atoms with Crippen molar-refractivity contribution in [2.24, 2.45) is 0 Å². The third-order valence-electron chi connectivity index (χ3n) is 5.87. The van der Waals surface area contributed by atoms with Gasteiger partial charge >= 0.3 is 7.82 Å². The zero-order valence-corrected chi connectivity index (χ0v) is 21.1. The van der Waals surface area contributed by atoms with Crippen molar-refractivity contribution in [2.45, 2.75) is 39.3 Å². The number of hydrogen-bond acceptors (Lipinski definition) is 7. The number of phenols is 1. The van der Waals surface area contributed by atoms with Gasteiger partial charge < -0.3 is 25.2 Å². The second-order valence-electron chi connectivity index (χ2n) is 8.53. The highest BCUT2D eigenvalue weighted by Gasteiger charge is 2.24. The number of pyridine rings is 1. The molecule has 0 saturated carbocycles. The molecule has 0 aliphatic heterocycles. The van der Waals surface area contributed by atoms with Crippen molar-refractivity contribution in [3.05, 3.63) is 66.0 Å². The Morgan fingerprint density at radius 2 is 2.05 bits per heavy atom. The Morgan fingerprint density at radius 3 is 2.76 bits per heavy atom. The van der Waals surface area contributed by atoms with Crippen LogP contribution in [-0.2, 0) is 28.9 Å². The highest BCUT2D eigenvalue weighted by molar-refractivity contribution is 7.46. The van der Waals surface area contributed by atoms with Crippen LogP contribution >= 0.6 is 7.82 Å². The van der Waals surface area contributed by atoms with Crippen LogP contribution in [0, 0.1) is 0 Å². The van der Waals surface area contributed by atoms with E-state index in [0.29, 0.717) is 34.4 Å². The number of carbonyl (C=O) groups excluding carboxylic acids is 1. The first-order valence-corrected chi connectivity index (χ1v) is 13.2. The Labute approximate surface area is 212 Å². The highest BCUT2D eigenvalue weighted by atomic mass is 31.2. The predicted molar refractivity (Wildman–Crippen MR) is 140 cm³/mol. The molecule has 0 radical (unpaired) electrons. The number of anilines is 1. The topological polar surface area (TPSA) is 173 Å². The molecule has 2 heterocycles. The van der Waals surface area contributed by atoms with E-state index in [2.05, 4.69) is 23.8 Å². The van der Waals surface area contributed by atoms with E-state index < -0.39 is 13.6 Å². The standard InChI is InChI=1S/C25H28N5O6P/c1-3-5-9-20-29-22-23(30(20)14-16-7-6-8-19(31)24(16)36-37(33,34)35)17-11-10-15(13-27-21(32)4-2)12-18(17)28-25(22)26/h4,6-8,10-12,31H,2-3,5,9,13-14H2,1H3,(H2,26,28)(H,27,32)(H2,33,34,35). The van der Waals surface area contributed by atoms with Crippen LogP contribution in [0.3, 0.4) is 0 Å². The maximum atomic E-state index is 11.6. The van der Waals surface area contributed by atoms with Gasteiger partial charge in [0.25, 0.3) is 0 Å². The number of aryl methyl sites for hydroxylation is 1. The van der Waals surface area contributed by atoms with Gasteiger partial charge in [-0.15, -0.1) is 0 Å². The number of rotatable bonds is 10. The van der Waals surface area contributed by atoms with Crippen LogP contribution < -0.4 is 15.6 Å². The van der Waals surface area contributed by atoms with E-state index in [1.807, 2.05) is 22.8 Å².